The molecule has 1 N–H and O–H groups in total. The highest BCUT2D eigenvalue weighted by atomic mass is 16.2. The van der Waals surface area contributed by atoms with E-state index in [0.29, 0.717) is 33.5 Å². The molecule has 4 heteroatoms. The Bertz CT molecular complexity index is 849. The van der Waals surface area contributed by atoms with Crippen molar-refractivity contribution < 1.29 is 14.4 Å². The molecule has 0 unspecified atom stereocenters. The zero-order chi connectivity index (χ0) is 15.9. The van der Waals surface area contributed by atoms with Crippen LogP contribution in [0.5, 0.6) is 0 Å². The van der Waals surface area contributed by atoms with Crippen molar-refractivity contribution in [3.8, 4) is 0 Å². The zero-order valence-corrected chi connectivity index (χ0v) is 12.0. The molecule has 108 valence electrons. The maximum atomic E-state index is 12.5. The molecule has 2 aromatic rings. The van der Waals surface area contributed by atoms with Crippen LogP contribution < -0.4 is 5.32 Å². The van der Waals surface area contributed by atoms with Gasteiger partial charge in [0.1, 0.15) is 0 Å². The van der Waals surface area contributed by atoms with Crippen LogP contribution in [0.4, 0.5) is 5.69 Å². The van der Waals surface area contributed by atoms with Crippen molar-refractivity contribution in [1.29, 1.82) is 0 Å². The van der Waals surface area contributed by atoms with Gasteiger partial charge in [-0.1, -0.05) is 30.8 Å². The summed E-state index contributed by atoms with van der Waals surface area (Å²) >= 11 is 0. The monoisotopic (exact) mass is 291 g/mol. The predicted octanol–water partition coefficient (Wildman–Crippen LogP) is 2.98. The molecule has 0 saturated carbocycles. The van der Waals surface area contributed by atoms with Gasteiger partial charge in [0.05, 0.1) is 0 Å². The van der Waals surface area contributed by atoms with Crippen molar-refractivity contribution in [2.24, 2.45) is 0 Å². The zero-order valence-electron chi connectivity index (χ0n) is 12.0. The van der Waals surface area contributed by atoms with E-state index in [1.54, 1.807) is 43.3 Å². The Hall–Kier alpha value is -3.01. The summed E-state index contributed by atoms with van der Waals surface area (Å²) < 4.78 is 0. The van der Waals surface area contributed by atoms with Crippen LogP contribution in [0, 0.1) is 0 Å². The Labute approximate surface area is 127 Å². The minimum atomic E-state index is -0.324. The van der Waals surface area contributed by atoms with Crippen LogP contribution in [-0.2, 0) is 4.79 Å². The van der Waals surface area contributed by atoms with Crippen molar-refractivity contribution in [2.75, 3.05) is 5.32 Å². The molecule has 0 atom stereocenters. The van der Waals surface area contributed by atoms with E-state index in [0.717, 1.165) is 0 Å². The van der Waals surface area contributed by atoms with Crippen molar-refractivity contribution in [2.45, 2.75) is 6.92 Å². The van der Waals surface area contributed by atoms with Gasteiger partial charge in [0.2, 0.25) is 0 Å². The highest BCUT2D eigenvalue weighted by Crippen LogP contribution is 2.29. The van der Waals surface area contributed by atoms with Gasteiger partial charge in [0.25, 0.3) is 5.91 Å². The number of carbonyl (C=O) groups excluding carboxylic acids is 3. The normalized spacial score (nSPS) is 12.4. The van der Waals surface area contributed by atoms with Gasteiger partial charge in [-0.25, -0.2) is 0 Å². The first-order valence-corrected chi connectivity index (χ1v) is 6.78. The summed E-state index contributed by atoms with van der Waals surface area (Å²) in [6.07, 6.45) is 0. The summed E-state index contributed by atoms with van der Waals surface area (Å²) in [6.45, 7) is 5.16. The number of benzene rings is 2. The Morgan fingerprint density at radius 3 is 2.05 bits per heavy atom. The van der Waals surface area contributed by atoms with Crippen molar-refractivity contribution in [3.05, 3.63) is 76.9 Å². The molecule has 0 heterocycles. The summed E-state index contributed by atoms with van der Waals surface area (Å²) in [5, 5.41) is 2.65. The molecule has 0 radical (unpaired) electrons. The smallest absolute Gasteiger partial charge is 0.250 e. The fourth-order valence-electron chi connectivity index (χ4n) is 2.41. The summed E-state index contributed by atoms with van der Waals surface area (Å²) in [4.78, 5) is 36.6. The van der Waals surface area contributed by atoms with Gasteiger partial charge in [-0.2, -0.15) is 0 Å². The van der Waals surface area contributed by atoms with Crippen molar-refractivity contribution >= 4 is 23.2 Å². The van der Waals surface area contributed by atoms with Gasteiger partial charge in [0, 0.05) is 33.5 Å². The molecule has 1 aliphatic carbocycles. The molecule has 0 saturated heterocycles. The molecule has 1 aliphatic rings. The van der Waals surface area contributed by atoms with E-state index in [1.807, 2.05) is 0 Å². The van der Waals surface area contributed by atoms with Crippen LogP contribution in [0.15, 0.2) is 54.6 Å². The number of carbonyl (C=O) groups is 3. The predicted molar refractivity (Wildman–Crippen MR) is 83.2 cm³/mol. The standard InChI is InChI=1S/C18H13NO3/c1-10(2)18(22)19-11-7-8-14-15(9-11)17(21)13-6-4-3-5-12(13)16(14)20/h3-9H,1H2,2H3,(H,19,22). The van der Waals surface area contributed by atoms with E-state index in [-0.39, 0.29) is 17.5 Å². The lowest BCUT2D eigenvalue weighted by molar-refractivity contribution is -0.112. The molecule has 4 nitrogen and oxygen atoms in total. The fourth-order valence-corrected chi connectivity index (χ4v) is 2.41. The van der Waals surface area contributed by atoms with Crippen LogP contribution in [0.3, 0.4) is 0 Å². The second kappa shape index (κ2) is 5.07. The number of nitrogens with one attached hydrogen (secondary N) is 1. The average Bonchev–Trinajstić information content (AvgIpc) is 2.52. The third-order valence-corrected chi connectivity index (χ3v) is 3.57. The summed E-state index contributed by atoms with van der Waals surface area (Å²) in [5.74, 6) is -0.713. The van der Waals surface area contributed by atoms with E-state index in [4.69, 9.17) is 0 Å². The number of hydrogen-bond acceptors (Lipinski definition) is 3. The second-order valence-corrected chi connectivity index (χ2v) is 5.20. The van der Waals surface area contributed by atoms with E-state index < -0.39 is 0 Å². The number of anilines is 1. The Morgan fingerprint density at radius 1 is 0.909 bits per heavy atom. The highest BCUT2D eigenvalue weighted by Gasteiger charge is 2.29. The summed E-state index contributed by atoms with van der Waals surface area (Å²) in [6, 6.07) is 11.5. The maximum Gasteiger partial charge on any atom is 0.250 e. The molecule has 22 heavy (non-hydrogen) atoms. The molecule has 0 spiro atoms. The molecule has 0 fully saturated rings. The van der Waals surface area contributed by atoms with Crippen LogP contribution in [0.1, 0.15) is 38.8 Å². The Balaban J connectivity index is 2.06. The number of ketones is 2. The largest absolute Gasteiger partial charge is 0.322 e. The van der Waals surface area contributed by atoms with Crippen molar-refractivity contribution in [3.63, 3.8) is 0 Å². The lowest BCUT2D eigenvalue weighted by Crippen LogP contribution is -2.21. The minimum absolute atomic E-state index is 0.178. The molecule has 0 bridgehead atoms. The molecule has 1 amide bonds. The van der Waals surface area contributed by atoms with E-state index in [9.17, 15) is 14.4 Å². The van der Waals surface area contributed by atoms with E-state index >= 15 is 0 Å². The quantitative estimate of drug-likeness (QED) is 0.738. The molecule has 2 aromatic carbocycles. The third-order valence-electron chi connectivity index (χ3n) is 3.57. The number of hydrogen-bond donors (Lipinski definition) is 1. The van der Waals surface area contributed by atoms with Gasteiger partial charge in [0.15, 0.2) is 11.6 Å². The first kappa shape index (κ1) is 13.9. The van der Waals surface area contributed by atoms with E-state index in [1.165, 1.54) is 6.07 Å². The SMILES string of the molecule is C=C(C)C(=O)Nc1ccc2c(c1)C(=O)c1ccccc1C2=O. The molecular formula is C18H13NO3. The van der Waals surface area contributed by atoms with Crippen LogP contribution in [0.25, 0.3) is 0 Å². The molecular weight excluding hydrogens is 278 g/mol. The second-order valence-electron chi connectivity index (χ2n) is 5.20. The lowest BCUT2D eigenvalue weighted by Gasteiger charge is -2.18. The average molecular weight is 291 g/mol. The topological polar surface area (TPSA) is 63.2 Å². The first-order valence-electron chi connectivity index (χ1n) is 6.78. The highest BCUT2D eigenvalue weighted by molar-refractivity contribution is 6.28. The maximum absolute atomic E-state index is 12.5. The van der Waals surface area contributed by atoms with Gasteiger partial charge in [-0.15, -0.1) is 0 Å². The van der Waals surface area contributed by atoms with Crippen LogP contribution in [-0.4, -0.2) is 17.5 Å². The minimum Gasteiger partial charge on any atom is -0.322 e. The Morgan fingerprint density at radius 2 is 1.45 bits per heavy atom. The number of amides is 1. The van der Waals surface area contributed by atoms with Crippen molar-refractivity contribution in [1.82, 2.24) is 0 Å². The van der Waals surface area contributed by atoms with Crippen LogP contribution in [0.2, 0.25) is 0 Å². The summed E-state index contributed by atoms with van der Waals surface area (Å²) in [7, 11) is 0. The van der Waals surface area contributed by atoms with Gasteiger partial charge in [-0.05, 0) is 25.1 Å². The number of rotatable bonds is 2. The number of fused-ring (bicyclic) bond motifs is 2. The first-order chi connectivity index (χ1) is 10.5. The van der Waals surface area contributed by atoms with Crippen LogP contribution >= 0.6 is 0 Å². The van der Waals surface area contributed by atoms with Gasteiger partial charge < -0.3 is 5.32 Å². The van der Waals surface area contributed by atoms with Gasteiger partial charge in [-0.3, -0.25) is 14.4 Å². The third kappa shape index (κ3) is 2.15. The fraction of sp³-hybridized carbons (Fsp3) is 0.0556. The molecule has 3 rings (SSSR count). The van der Waals surface area contributed by atoms with Gasteiger partial charge >= 0.3 is 0 Å². The molecule has 0 aliphatic heterocycles. The Kier molecular flexibility index (Phi) is 3.22. The lowest BCUT2D eigenvalue weighted by atomic mass is 9.84. The van der Waals surface area contributed by atoms with E-state index in [2.05, 4.69) is 11.9 Å². The summed E-state index contributed by atoms with van der Waals surface area (Å²) in [5.41, 5.74) is 2.31. The molecule has 0 aromatic heterocycles.